The van der Waals surface area contributed by atoms with Crippen LogP contribution in [-0.4, -0.2) is 17.9 Å². The molecule has 0 saturated heterocycles. The first-order valence-electron chi connectivity index (χ1n) is 10.7. The molecule has 0 saturated carbocycles. The lowest BCUT2D eigenvalue weighted by atomic mass is 9.99. The molecule has 0 unspecified atom stereocenters. The lowest BCUT2D eigenvalue weighted by molar-refractivity contribution is -0.130. The van der Waals surface area contributed by atoms with Crippen LogP contribution in [0.2, 0.25) is 0 Å². The summed E-state index contributed by atoms with van der Waals surface area (Å²) in [6, 6.07) is 19.3. The van der Waals surface area contributed by atoms with E-state index in [1.54, 1.807) is 74.5 Å². The van der Waals surface area contributed by atoms with Gasteiger partial charge in [-0.25, -0.2) is 14.4 Å². The fourth-order valence-electron chi connectivity index (χ4n) is 3.06. The van der Waals surface area contributed by atoms with Crippen LogP contribution in [0.25, 0.3) is 22.3 Å². The molecule has 0 N–H and O–H groups in total. The molecule has 0 atom stereocenters. The number of carbonyl (C=O) groups excluding carboxylic acids is 3. The van der Waals surface area contributed by atoms with Crippen molar-refractivity contribution in [2.24, 2.45) is 0 Å². The maximum Gasteiger partial charge on any atom is 0.338 e. The van der Waals surface area contributed by atoms with Gasteiger partial charge in [-0.1, -0.05) is 55.6 Å². The Hall–Kier alpha value is -4.71. The van der Waals surface area contributed by atoms with Crippen molar-refractivity contribution in [3.05, 3.63) is 104 Å². The van der Waals surface area contributed by atoms with Gasteiger partial charge in [-0.3, -0.25) is 0 Å². The van der Waals surface area contributed by atoms with Crippen molar-refractivity contribution in [2.45, 2.75) is 13.8 Å². The van der Waals surface area contributed by atoms with Gasteiger partial charge in [0.2, 0.25) is 0 Å². The maximum atomic E-state index is 12.5. The number of hydrogen-bond donors (Lipinski definition) is 0. The van der Waals surface area contributed by atoms with Crippen molar-refractivity contribution in [1.82, 2.24) is 0 Å². The first-order chi connectivity index (χ1) is 16.8. The molecule has 3 rings (SSSR count). The van der Waals surface area contributed by atoms with Crippen LogP contribution < -0.4 is 14.2 Å². The lowest BCUT2D eigenvalue weighted by Crippen LogP contribution is -2.10. The fourth-order valence-corrected chi connectivity index (χ4v) is 3.06. The molecule has 0 aromatic heterocycles. The molecule has 176 valence electrons. The van der Waals surface area contributed by atoms with Gasteiger partial charge in [0.05, 0.1) is 0 Å². The van der Waals surface area contributed by atoms with E-state index in [9.17, 15) is 14.4 Å². The largest absolute Gasteiger partial charge is 0.423 e. The minimum atomic E-state index is -0.552. The number of esters is 3. The molecule has 6 nitrogen and oxygen atoms in total. The molecular weight excluding hydrogens is 444 g/mol. The summed E-state index contributed by atoms with van der Waals surface area (Å²) >= 11 is 0. The number of benzene rings is 3. The fraction of sp³-hybridized carbons (Fsp3) is 0.0690. The Balaban J connectivity index is 1.97. The molecule has 0 aliphatic carbocycles. The van der Waals surface area contributed by atoms with Crippen molar-refractivity contribution in [3.63, 3.8) is 0 Å². The van der Waals surface area contributed by atoms with Crippen LogP contribution in [0.1, 0.15) is 13.8 Å². The first-order valence-corrected chi connectivity index (χ1v) is 10.7. The Morgan fingerprint density at radius 3 is 1.66 bits per heavy atom. The van der Waals surface area contributed by atoms with Gasteiger partial charge in [0, 0.05) is 23.3 Å². The maximum absolute atomic E-state index is 12.5. The Kier molecular flexibility index (Phi) is 8.14. The zero-order valence-electron chi connectivity index (χ0n) is 19.4. The van der Waals surface area contributed by atoms with Gasteiger partial charge < -0.3 is 14.2 Å². The van der Waals surface area contributed by atoms with Crippen molar-refractivity contribution in [2.75, 3.05) is 0 Å². The third-order valence-corrected chi connectivity index (χ3v) is 5.06. The predicted molar refractivity (Wildman–Crippen MR) is 134 cm³/mol. The van der Waals surface area contributed by atoms with Crippen molar-refractivity contribution >= 4 is 17.9 Å². The molecule has 0 radical (unpaired) electrons. The normalized spacial score (nSPS) is 10.7. The monoisotopic (exact) mass is 468 g/mol. The summed E-state index contributed by atoms with van der Waals surface area (Å²) in [5.74, 6) is -0.427. The van der Waals surface area contributed by atoms with Crippen LogP contribution in [0.3, 0.4) is 0 Å². The Bertz CT molecular complexity index is 1300. The first kappa shape index (κ1) is 24.9. The molecule has 35 heavy (non-hydrogen) atoms. The van der Waals surface area contributed by atoms with E-state index in [1.807, 2.05) is 12.1 Å². The van der Waals surface area contributed by atoms with Gasteiger partial charge in [-0.05, 0) is 60.9 Å². The average Bonchev–Trinajstić information content (AvgIpc) is 2.88. The summed E-state index contributed by atoms with van der Waals surface area (Å²) in [6.07, 6.45) is 3.86. The van der Waals surface area contributed by atoms with Gasteiger partial charge >= 0.3 is 17.9 Å². The third kappa shape index (κ3) is 6.42. The molecule has 0 amide bonds. The highest BCUT2D eigenvalue weighted by Crippen LogP contribution is 2.36. The van der Waals surface area contributed by atoms with E-state index in [-0.39, 0.29) is 0 Å². The number of hydrogen-bond acceptors (Lipinski definition) is 6. The number of carbonyl (C=O) groups is 3. The second-order valence-corrected chi connectivity index (χ2v) is 7.37. The van der Waals surface area contributed by atoms with E-state index in [2.05, 4.69) is 13.2 Å². The molecule has 3 aromatic carbocycles. The molecule has 0 spiro atoms. The minimum Gasteiger partial charge on any atom is -0.423 e. The smallest absolute Gasteiger partial charge is 0.338 e. The second-order valence-electron chi connectivity index (χ2n) is 7.37. The molecule has 0 aliphatic heterocycles. The predicted octanol–water partition coefficient (Wildman–Crippen LogP) is 6.08. The van der Waals surface area contributed by atoms with E-state index < -0.39 is 17.9 Å². The molecule has 6 heteroatoms. The Morgan fingerprint density at radius 1 is 0.686 bits per heavy atom. The zero-order valence-corrected chi connectivity index (χ0v) is 19.4. The van der Waals surface area contributed by atoms with Gasteiger partial charge in [-0.2, -0.15) is 0 Å². The molecular formula is C29H24O6. The van der Waals surface area contributed by atoms with Crippen LogP contribution in [0, 0.1) is 0 Å². The van der Waals surface area contributed by atoms with E-state index >= 15 is 0 Å². The third-order valence-electron chi connectivity index (χ3n) is 5.06. The van der Waals surface area contributed by atoms with E-state index in [4.69, 9.17) is 14.2 Å². The van der Waals surface area contributed by atoms with Gasteiger partial charge in [-0.15, -0.1) is 0 Å². The Labute approximate surface area is 203 Å². The highest BCUT2D eigenvalue weighted by atomic mass is 16.5. The van der Waals surface area contributed by atoms with E-state index in [0.717, 1.165) is 28.8 Å². The molecule has 0 aliphatic rings. The summed E-state index contributed by atoms with van der Waals surface area (Å²) < 4.78 is 16.0. The molecule has 0 bridgehead atoms. The van der Waals surface area contributed by atoms with E-state index in [0.29, 0.717) is 28.4 Å². The average molecular weight is 469 g/mol. The van der Waals surface area contributed by atoms with Crippen LogP contribution in [0.15, 0.2) is 104 Å². The zero-order chi connectivity index (χ0) is 25.4. The highest BCUT2D eigenvalue weighted by Gasteiger charge is 2.15. The number of allylic oxidation sites excluding steroid dienone is 1. The number of rotatable bonds is 8. The SMILES string of the molecule is C=CC(=O)Oc1ccc(-c2ccc(-c3ccc(OC(=O)C=C)cc3)c(OC(=O)/C(C)=C/C)c2)cc1. The Morgan fingerprint density at radius 2 is 1.17 bits per heavy atom. The van der Waals surface area contributed by atoms with Crippen molar-refractivity contribution < 1.29 is 28.6 Å². The molecule has 3 aromatic rings. The standard InChI is InChI=1S/C29H24O6/c1-5-19(4)29(32)35-26-18-22(20-8-13-23(14-9-20)33-27(30)6-2)12-17-25(26)21-10-15-24(16-11-21)34-28(31)7-3/h5-18H,2-3H2,1,4H3/b19-5+. The summed E-state index contributed by atoms with van der Waals surface area (Å²) in [5.41, 5.74) is 3.56. The van der Waals surface area contributed by atoms with Crippen molar-refractivity contribution in [1.29, 1.82) is 0 Å². The second kappa shape index (κ2) is 11.4. The summed E-state index contributed by atoms with van der Waals surface area (Å²) in [5, 5.41) is 0. The molecule has 0 fully saturated rings. The molecule has 0 heterocycles. The summed E-state index contributed by atoms with van der Waals surface area (Å²) in [6.45, 7) is 10.2. The van der Waals surface area contributed by atoms with Gasteiger partial charge in [0.25, 0.3) is 0 Å². The summed E-state index contributed by atoms with van der Waals surface area (Å²) in [7, 11) is 0. The van der Waals surface area contributed by atoms with Gasteiger partial charge in [0.15, 0.2) is 0 Å². The van der Waals surface area contributed by atoms with Crippen LogP contribution in [0.5, 0.6) is 17.2 Å². The lowest BCUT2D eigenvalue weighted by Gasteiger charge is -2.14. The van der Waals surface area contributed by atoms with Crippen LogP contribution in [-0.2, 0) is 14.4 Å². The van der Waals surface area contributed by atoms with Crippen molar-refractivity contribution in [3.8, 4) is 39.5 Å². The van der Waals surface area contributed by atoms with Crippen LogP contribution >= 0.6 is 0 Å². The minimum absolute atomic E-state index is 0.367. The quantitative estimate of drug-likeness (QED) is 0.227. The summed E-state index contributed by atoms with van der Waals surface area (Å²) in [4.78, 5) is 35.4. The van der Waals surface area contributed by atoms with Gasteiger partial charge in [0.1, 0.15) is 17.2 Å². The van der Waals surface area contributed by atoms with Crippen LogP contribution in [0.4, 0.5) is 0 Å². The highest BCUT2D eigenvalue weighted by molar-refractivity contribution is 5.91. The van der Waals surface area contributed by atoms with E-state index in [1.165, 1.54) is 0 Å². The number of ether oxygens (including phenoxy) is 3. The topological polar surface area (TPSA) is 78.9 Å².